The van der Waals surface area contributed by atoms with E-state index in [-0.39, 0.29) is 12.3 Å². The van der Waals surface area contributed by atoms with E-state index in [0.29, 0.717) is 17.3 Å². The molecule has 0 bridgehead atoms. The van der Waals surface area contributed by atoms with Gasteiger partial charge in [0.2, 0.25) is 11.8 Å². The van der Waals surface area contributed by atoms with Gasteiger partial charge < -0.3 is 9.73 Å². The molecule has 1 amide bonds. The van der Waals surface area contributed by atoms with E-state index in [1.807, 2.05) is 69.3 Å². The highest BCUT2D eigenvalue weighted by molar-refractivity contribution is 5.93. The van der Waals surface area contributed by atoms with Crippen LogP contribution in [0.5, 0.6) is 0 Å². The van der Waals surface area contributed by atoms with E-state index in [9.17, 15) is 4.79 Å². The first-order valence-corrected chi connectivity index (χ1v) is 7.92. The molecule has 0 aliphatic heterocycles. The summed E-state index contributed by atoms with van der Waals surface area (Å²) in [5.41, 5.74) is 4.55. The summed E-state index contributed by atoms with van der Waals surface area (Å²) in [5.74, 6) is 1.12. The number of anilines is 1. The molecule has 4 nitrogen and oxygen atoms in total. The quantitative estimate of drug-likeness (QED) is 0.773. The molecular weight excluding hydrogens is 300 g/mol. The predicted octanol–water partition coefficient (Wildman–Crippen LogP) is 4.45. The number of hydrogen-bond donors (Lipinski definition) is 1. The van der Waals surface area contributed by atoms with Crippen LogP contribution in [0.3, 0.4) is 0 Å². The van der Waals surface area contributed by atoms with Gasteiger partial charge in [-0.05, 0) is 50.1 Å². The molecule has 0 spiro atoms. The van der Waals surface area contributed by atoms with Crippen LogP contribution in [0.15, 0.2) is 52.9 Å². The lowest BCUT2D eigenvalue weighted by Gasteiger charge is -2.08. The number of amides is 1. The summed E-state index contributed by atoms with van der Waals surface area (Å²) < 4.78 is 5.70. The van der Waals surface area contributed by atoms with Crippen molar-refractivity contribution in [1.29, 1.82) is 0 Å². The van der Waals surface area contributed by atoms with Crippen LogP contribution in [0.2, 0.25) is 0 Å². The second-order valence-electron chi connectivity index (χ2n) is 5.93. The Kier molecular flexibility index (Phi) is 4.47. The van der Waals surface area contributed by atoms with Crippen LogP contribution >= 0.6 is 0 Å². The van der Waals surface area contributed by atoms with Crippen molar-refractivity contribution in [3.63, 3.8) is 0 Å². The zero-order valence-corrected chi connectivity index (χ0v) is 14.1. The van der Waals surface area contributed by atoms with Gasteiger partial charge in [-0.15, -0.1) is 0 Å². The molecular formula is C20H20N2O2. The summed E-state index contributed by atoms with van der Waals surface area (Å²) >= 11 is 0. The van der Waals surface area contributed by atoms with Crippen LogP contribution < -0.4 is 5.32 Å². The molecule has 2 aromatic carbocycles. The average molecular weight is 320 g/mol. The van der Waals surface area contributed by atoms with E-state index in [4.69, 9.17) is 4.42 Å². The molecule has 24 heavy (non-hydrogen) atoms. The minimum Gasteiger partial charge on any atom is -0.441 e. The number of aromatic nitrogens is 1. The van der Waals surface area contributed by atoms with Crippen molar-refractivity contribution in [3.05, 3.63) is 71.1 Å². The van der Waals surface area contributed by atoms with Gasteiger partial charge in [0.25, 0.3) is 0 Å². The second-order valence-corrected chi connectivity index (χ2v) is 5.93. The molecule has 0 aliphatic carbocycles. The lowest BCUT2D eigenvalue weighted by Crippen LogP contribution is -2.16. The molecule has 1 heterocycles. The van der Waals surface area contributed by atoms with Gasteiger partial charge in [0.15, 0.2) is 0 Å². The molecule has 0 saturated heterocycles. The highest BCUT2D eigenvalue weighted by Gasteiger charge is 2.15. The zero-order chi connectivity index (χ0) is 17.1. The van der Waals surface area contributed by atoms with Crippen LogP contribution in [0.1, 0.15) is 22.6 Å². The molecule has 0 aliphatic rings. The van der Waals surface area contributed by atoms with Gasteiger partial charge in [0.1, 0.15) is 5.76 Å². The summed E-state index contributed by atoms with van der Waals surface area (Å²) in [7, 11) is 0. The van der Waals surface area contributed by atoms with Gasteiger partial charge in [0, 0.05) is 11.3 Å². The van der Waals surface area contributed by atoms with Crippen LogP contribution in [0.4, 0.5) is 5.69 Å². The SMILES string of the molecule is Cc1ccc(C)c(NC(=O)Cc2nc(-c3ccccc3)oc2C)c1. The normalized spacial score (nSPS) is 10.6. The Hall–Kier alpha value is -2.88. The lowest BCUT2D eigenvalue weighted by atomic mass is 10.1. The molecule has 3 rings (SSSR count). The van der Waals surface area contributed by atoms with Crippen LogP contribution in [0.25, 0.3) is 11.5 Å². The van der Waals surface area contributed by atoms with Crippen LogP contribution in [-0.4, -0.2) is 10.9 Å². The van der Waals surface area contributed by atoms with Crippen molar-refractivity contribution in [2.75, 3.05) is 5.32 Å². The van der Waals surface area contributed by atoms with Crippen molar-refractivity contribution in [2.45, 2.75) is 27.2 Å². The number of rotatable bonds is 4. The van der Waals surface area contributed by atoms with Crippen molar-refractivity contribution >= 4 is 11.6 Å². The van der Waals surface area contributed by atoms with Gasteiger partial charge in [-0.1, -0.05) is 30.3 Å². The Labute approximate surface area is 141 Å². The summed E-state index contributed by atoms with van der Waals surface area (Å²) in [6.07, 6.45) is 0.190. The van der Waals surface area contributed by atoms with Gasteiger partial charge >= 0.3 is 0 Å². The predicted molar refractivity (Wildman–Crippen MR) is 94.9 cm³/mol. The van der Waals surface area contributed by atoms with Gasteiger partial charge in [0.05, 0.1) is 12.1 Å². The Bertz CT molecular complexity index is 867. The maximum Gasteiger partial charge on any atom is 0.230 e. The Morgan fingerprint density at radius 1 is 1.08 bits per heavy atom. The van der Waals surface area contributed by atoms with E-state index in [0.717, 1.165) is 22.4 Å². The van der Waals surface area contributed by atoms with E-state index in [2.05, 4.69) is 10.3 Å². The number of carbonyl (C=O) groups is 1. The van der Waals surface area contributed by atoms with E-state index >= 15 is 0 Å². The van der Waals surface area contributed by atoms with E-state index in [1.54, 1.807) is 0 Å². The third-order valence-electron chi connectivity index (χ3n) is 3.91. The van der Waals surface area contributed by atoms with E-state index in [1.165, 1.54) is 0 Å². The Balaban J connectivity index is 1.75. The number of nitrogens with one attached hydrogen (secondary N) is 1. The smallest absolute Gasteiger partial charge is 0.230 e. The molecule has 1 aromatic heterocycles. The number of nitrogens with zero attached hydrogens (tertiary/aromatic N) is 1. The van der Waals surface area contributed by atoms with Crippen molar-refractivity contribution in [2.24, 2.45) is 0 Å². The summed E-state index contributed by atoms with van der Waals surface area (Å²) in [4.78, 5) is 16.8. The Morgan fingerprint density at radius 2 is 1.83 bits per heavy atom. The first-order valence-electron chi connectivity index (χ1n) is 7.92. The van der Waals surface area contributed by atoms with Crippen LogP contribution in [0, 0.1) is 20.8 Å². The molecule has 0 atom stereocenters. The first-order chi connectivity index (χ1) is 11.5. The highest BCUT2D eigenvalue weighted by atomic mass is 16.4. The third kappa shape index (κ3) is 3.54. The maximum atomic E-state index is 12.4. The lowest BCUT2D eigenvalue weighted by molar-refractivity contribution is -0.115. The fourth-order valence-electron chi connectivity index (χ4n) is 2.51. The largest absolute Gasteiger partial charge is 0.441 e. The Morgan fingerprint density at radius 3 is 2.58 bits per heavy atom. The monoisotopic (exact) mass is 320 g/mol. The number of oxazole rings is 1. The summed E-state index contributed by atoms with van der Waals surface area (Å²) in [6, 6.07) is 15.7. The van der Waals surface area contributed by atoms with Crippen molar-refractivity contribution in [1.82, 2.24) is 4.98 Å². The van der Waals surface area contributed by atoms with Crippen molar-refractivity contribution in [3.8, 4) is 11.5 Å². The average Bonchev–Trinajstić information content (AvgIpc) is 2.92. The van der Waals surface area contributed by atoms with Crippen molar-refractivity contribution < 1.29 is 9.21 Å². The summed E-state index contributed by atoms with van der Waals surface area (Å²) in [6.45, 7) is 5.81. The van der Waals surface area contributed by atoms with Gasteiger partial charge in [-0.25, -0.2) is 4.98 Å². The first kappa shape index (κ1) is 16.0. The highest BCUT2D eigenvalue weighted by Crippen LogP contribution is 2.22. The molecule has 0 radical (unpaired) electrons. The molecule has 0 saturated carbocycles. The molecule has 0 fully saturated rings. The number of aryl methyl sites for hydroxylation is 3. The van der Waals surface area contributed by atoms with Gasteiger partial charge in [-0.2, -0.15) is 0 Å². The number of hydrogen-bond acceptors (Lipinski definition) is 3. The third-order valence-corrected chi connectivity index (χ3v) is 3.91. The van der Waals surface area contributed by atoms with Gasteiger partial charge in [-0.3, -0.25) is 4.79 Å². The van der Waals surface area contributed by atoms with Crippen LogP contribution in [-0.2, 0) is 11.2 Å². The number of carbonyl (C=O) groups excluding carboxylic acids is 1. The maximum absolute atomic E-state index is 12.4. The molecule has 1 N–H and O–H groups in total. The molecule has 0 unspecified atom stereocenters. The fraction of sp³-hybridized carbons (Fsp3) is 0.200. The molecule has 3 aromatic rings. The molecule has 4 heteroatoms. The minimum atomic E-state index is -0.0975. The number of benzene rings is 2. The zero-order valence-electron chi connectivity index (χ0n) is 14.1. The standard InChI is InChI=1S/C20H20N2O2/c1-13-9-10-14(2)17(11-13)21-19(23)12-18-15(3)24-20(22-18)16-7-5-4-6-8-16/h4-11H,12H2,1-3H3,(H,21,23). The summed E-state index contributed by atoms with van der Waals surface area (Å²) in [5, 5.41) is 2.96. The second kappa shape index (κ2) is 6.71. The minimum absolute atomic E-state index is 0.0975. The van der Waals surface area contributed by atoms with E-state index < -0.39 is 0 Å². The topological polar surface area (TPSA) is 55.1 Å². The fourth-order valence-corrected chi connectivity index (χ4v) is 2.51. The molecule has 122 valence electrons.